The lowest BCUT2D eigenvalue weighted by Gasteiger charge is -2.35. The number of carbonyl (C=O) groups is 2. The maximum Gasteiger partial charge on any atom is 0.355 e. The molecule has 0 spiro atoms. The molecule has 2 aliphatic heterocycles. The van der Waals surface area contributed by atoms with E-state index in [0.29, 0.717) is 28.0 Å². The van der Waals surface area contributed by atoms with E-state index in [2.05, 4.69) is 5.92 Å². The number of esters is 2. The molecule has 33 heavy (non-hydrogen) atoms. The average molecular weight is 444 g/mol. The van der Waals surface area contributed by atoms with Gasteiger partial charge in [0.05, 0.1) is 29.0 Å². The Balaban J connectivity index is 1.77. The minimum Gasteiger partial charge on any atom is -0.508 e. The number of phenolic OH excluding ortho intramolecular Hbond substituents is 1. The molecule has 2 aliphatic rings. The predicted octanol–water partition coefficient (Wildman–Crippen LogP) is 2.53. The van der Waals surface area contributed by atoms with E-state index in [9.17, 15) is 19.5 Å². The first kappa shape index (κ1) is 20.8. The SMILES string of the molecule is C#CCc1c(O)ccc2nc3c(cc12)Cn1c-3cc2c(c1=O)COC(=O)[C@@]2(CC)OC(C)=O. The standard InChI is InChI=1S/C25H20N2O6/c1-4-6-15-16-9-14-11-27-20(22(14)26-19(16)7-8-21(15)29)10-18-17(23(27)30)12-32-24(31)25(18,5-2)33-13(3)28/h1,7-10,29H,5-6,11-12H2,2-3H3/t25-/m0/s1. The lowest BCUT2D eigenvalue weighted by Crippen LogP contribution is -2.47. The first-order valence-electron chi connectivity index (χ1n) is 10.5. The number of nitrogens with zero attached hydrogens (tertiary/aromatic N) is 2. The van der Waals surface area contributed by atoms with Gasteiger partial charge in [-0.2, -0.15) is 0 Å². The number of aromatic nitrogens is 2. The zero-order valence-corrected chi connectivity index (χ0v) is 18.1. The molecule has 0 bridgehead atoms. The Bertz CT molecular complexity index is 1480. The minimum absolute atomic E-state index is 0.0927. The fraction of sp³-hybridized carbons (Fsp3) is 0.280. The zero-order valence-electron chi connectivity index (χ0n) is 18.1. The second kappa shape index (κ2) is 7.20. The van der Waals surface area contributed by atoms with Crippen molar-refractivity contribution in [2.75, 3.05) is 0 Å². The molecular formula is C25H20N2O6. The van der Waals surface area contributed by atoms with Crippen LogP contribution in [0.4, 0.5) is 0 Å². The molecule has 1 N–H and O–H groups in total. The predicted molar refractivity (Wildman–Crippen MR) is 118 cm³/mol. The number of pyridine rings is 2. The molecule has 0 unspecified atom stereocenters. The van der Waals surface area contributed by atoms with Crippen molar-refractivity contribution >= 4 is 22.8 Å². The van der Waals surface area contributed by atoms with Crippen LogP contribution in [0.1, 0.15) is 42.5 Å². The molecule has 8 heteroatoms. The average Bonchev–Trinajstić information content (AvgIpc) is 3.14. The van der Waals surface area contributed by atoms with Crippen molar-refractivity contribution in [3.05, 3.63) is 56.9 Å². The fourth-order valence-electron chi connectivity index (χ4n) is 4.79. The molecule has 0 amide bonds. The molecule has 0 saturated carbocycles. The van der Waals surface area contributed by atoms with Crippen molar-refractivity contribution in [2.24, 2.45) is 0 Å². The molecule has 0 radical (unpaired) electrons. The number of ether oxygens (including phenoxy) is 2. The molecule has 4 heterocycles. The highest BCUT2D eigenvalue weighted by atomic mass is 16.6. The molecule has 5 rings (SSSR count). The van der Waals surface area contributed by atoms with Gasteiger partial charge in [0, 0.05) is 35.4 Å². The third-order valence-corrected chi connectivity index (χ3v) is 6.34. The Morgan fingerprint density at radius 2 is 2.15 bits per heavy atom. The number of cyclic esters (lactones) is 1. The number of rotatable bonds is 3. The van der Waals surface area contributed by atoms with Crippen LogP contribution in [0.2, 0.25) is 0 Å². The van der Waals surface area contributed by atoms with Gasteiger partial charge >= 0.3 is 11.9 Å². The fourth-order valence-corrected chi connectivity index (χ4v) is 4.79. The van der Waals surface area contributed by atoms with E-state index in [4.69, 9.17) is 20.9 Å². The van der Waals surface area contributed by atoms with E-state index in [1.165, 1.54) is 6.92 Å². The summed E-state index contributed by atoms with van der Waals surface area (Å²) in [6.07, 6.45) is 5.83. The molecule has 2 aromatic heterocycles. The van der Waals surface area contributed by atoms with Crippen LogP contribution in [-0.4, -0.2) is 26.6 Å². The van der Waals surface area contributed by atoms with Gasteiger partial charge in [0.15, 0.2) is 0 Å². The van der Waals surface area contributed by atoms with Crippen molar-refractivity contribution in [1.82, 2.24) is 9.55 Å². The van der Waals surface area contributed by atoms with Gasteiger partial charge in [-0.15, -0.1) is 12.3 Å². The summed E-state index contributed by atoms with van der Waals surface area (Å²) in [4.78, 5) is 42.8. The first-order valence-corrected chi connectivity index (χ1v) is 10.5. The Morgan fingerprint density at radius 1 is 1.36 bits per heavy atom. The van der Waals surface area contributed by atoms with E-state index in [0.717, 1.165) is 10.9 Å². The second-order valence-electron chi connectivity index (χ2n) is 8.17. The zero-order chi connectivity index (χ0) is 23.5. The number of aromatic hydroxyl groups is 1. The number of phenols is 1. The van der Waals surface area contributed by atoms with Crippen LogP contribution in [0.15, 0.2) is 29.1 Å². The van der Waals surface area contributed by atoms with Crippen molar-refractivity contribution in [2.45, 2.75) is 45.4 Å². The number of terminal acetylenes is 1. The number of benzene rings is 1. The van der Waals surface area contributed by atoms with Gasteiger partial charge in [-0.1, -0.05) is 6.92 Å². The number of hydrogen-bond donors (Lipinski definition) is 1. The van der Waals surface area contributed by atoms with Crippen molar-refractivity contribution in [3.8, 4) is 29.5 Å². The molecule has 166 valence electrons. The molecule has 0 saturated heterocycles. The summed E-state index contributed by atoms with van der Waals surface area (Å²) < 4.78 is 12.3. The maximum absolute atomic E-state index is 13.4. The van der Waals surface area contributed by atoms with Crippen molar-refractivity contribution < 1.29 is 24.2 Å². The topological polar surface area (TPSA) is 108 Å². The first-order chi connectivity index (χ1) is 15.8. The summed E-state index contributed by atoms with van der Waals surface area (Å²) >= 11 is 0. The molecule has 8 nitrogen and oxygen atoms in total. The smallest absolute Gasteiger partial charge is 0.355 e. The van der Waals surface area contributed by atoms with E-state index in [-0.39, 0.29) is 42.9 Å². The van der Waals surface area contributed by atoms with Crippen LogP contribution in [0.3, 0.4) is 0 Å². The quantitative estimate of drug-likeness (QED) is 0.382. The summed E-state index contributed by atoms with van der Waals surface area (Å²) in [5.41, 5.74) is 1.74. The Hall–Kier alpha value is -4.12. The minimum atomic E-state index is -1.68. The van der Waals surface area contributed by atoms with Crippen molar-refractivity contribution in [3.63, 3.8) is 0 Å². The van der Waals surface area contributed by atoms with Crippen LogP contribution >= 0.6 is 0 Å². The summed E-state index contributed by atoms with van der Waals surface area (Å²) in [5.74, 6) is 1.30. The monoisotopic (exact) mass is 444 g/mol. The molecular weight excluding hydrogens is 424 g/mol. The highest BCUT2D eigenvalue weighted by Crippen LogP contribution is 2.41. The number of carbonyl (C=O) groups excluding carboxylic acids is 2. The van der Waals surface area contributed by atoms with E-state index in [1.54, 1.807) is 29.7 Å². The van der Waals surface area contributed by atoms with Crippen LogP contribution in [0, 0.1) is 12.3 Å². The molecule has 0 aliphatic carbocycles. The van der Waals surface area contributed by atoms with E-state index in [1.807, 2.05) is 6.07 Å². The van der Waals surface area contributed by atoms with Gasteiger partial charge in [-0.3, -0.25) is 9.59 Å². The van der Waals surface area contributed by atoms with Crippen LogP contribution < -0.4 is 5.56 Å². The molecule has 3 aromatic rings. The Morgan fingerprint density at radius 3 is 2.85 bits per heavy atom. The number of hydrogen-bond acceptors (Lipinski definition) is 7. The normalized spacial score (nSPS) is 18.2. The van der Waals surface area contributed by atoms with Gasteiger partial charge < -0.3 is 19.1 Å². The summed E-state index contributed by atoms with van der Waals surface area (Å²) in [6.45, 7) is 2.99. The lowest BCUT2D eigenvalue weighted by atomic mass is 9.85. The summed E-state index contributed by atoms with van der Waals surface area (Å²) in [6, 6.07) is 6.83. The molecule has 1 atom stereocenters. The van der Waals surface area contributed by atoms with Gasteiger partial charge in [0.25, 0.3) is 5.56 Å². The third kappa shape index (κ3) is 2.85. The lowest BCUT2D eigenvalue weighted by molar-refractivity contribution is -0.188. The van der Waals surface area contributed by atoms with Gasteiger partial charge in [0.1, 0.15) is 12.4 Å². The second-order valence-corrected chi connectivity index (χ2v) is 8.17. The van der Waals surface area contributed by atoms with Crippen LogP contribution in [0.5, 0.6) is 5.75 Å². The van der Waals surface area contributed by atoms with Crippen LogP contribution in [-0.2, 0) is 44.2 Å². The maximum atomic E-state index is 13.4. The highest BCUT2D eigenvalue weighted by Gasteiger charge is 2.50. The van der Waals surface area contributed by atoms with Gasteiger partial charge in [-0.05, 0) is 30.7 Å². The summed E-state index contributed by atoms with van der Waals surface area (Å²) in [5, 5.41) is 11.0. The van der Waals surface area contributed by atoms with E-state index < -0.39 is 17.5 Å². The Labute approximate surface area is 188 Å². The van der Waals surface area contributed by atoms with E-state index >= 15 is 0 Å². The Kier molecular flexibility index (Phi) is 4.53. The molecule has 0 fully saturated rings. The van der Waals surface area contributed by atoms with Gasteiger partial charge in [-0.25, -0.2) is 9.78 Å². The summed E-state index contributed by atoms with van der Waals surface area (Å²) in [7, 11) is 0. The molecule has 1 aromatic carbocycles. The number of fused-ring (bicyclic) bond motifs is 5. The highest BCUT2D eigenvalue weighted by molar-refractivity contribution is 5.90. The van der Waals surface area contributed by atoms with Crippen LogP contribution in [0.25, 0.3) is 22.3 Å². The van der Waals surface area contributed by atoms with Gasteiger partial charge in [0.2, 0.25) is 5.60 Å². The van der Waals surface area contributed by atoms with Crippen molar-refractivity contribution in [1.29, 1.82) is 0 Å². The third-order valence-electron chi connectivity index (χ3n) is 6.34. The largest absolute Gasteiger partial charge is 0.508 e.